The molecule has 1 atom stereocenters. The van der Waals surface area contributed by atoms with Gasteiger partial charge in [-0.3, -0.25) is 0 Å². The van der Waals surface area contributed by atoms with E-state index in [2.05, 4.69) is 15.0 Å². The molecule has 0 aliphatic heterocycles. The Hall–Kier alpha value is -2.10. The van der Waals surface area contributed by atoms with E-state index in [4.69, 9.17) is 15.2 Å². The first-order valence-electron chi connectivity index (χ1n) is 9.50. The predicted molar refractivity (Wildman–Crippen MR) is 116 cm³/mol. The molecule has 31 heavy (non-hydrogen) atoms. The number of nitrogens with two attached hydrogens (primary N) is 1. The van der Waals surface area contributed by atoms with Crippen molar-refractivity contribution in [1.82, 2.24) is 19.5 Å². The van der Waals surface area contributed by atoms with Gasteiger partial charge in [-0.1, -0.05) is 32.5 Å². The predicted octanol–water partition coefficient (Wildman–Crippen LogP) is 4.56. The van der Waals surface area contributed by atoms with Crippen molar-refractivity contribution in [3.05, 3.63) is 30.6 Å². The molecule has 2 heterocycles. The molecule has 0 aliphatic carbocycles. The number of fused-ring (bicyclic) bond motifs is 1. The number of hydrogen-bond donors (Lipinski definition) is 1. The first-order chi connectivity index (χ1) is 14.7. The minimum atomic E-state index is -4.15. The summed E-state index contributed by atoms with van der Waals surface area (Å²) < 4.78 is 49.5. The molecule has 7 nitrogen and oxygen atoms in total. The molecule has 12 heteroatoms. The van der Waals surface area contributed by atoms with Crippen LogP contribution in [-0.4, -0.2) is 50.9 Å². The summed E-state index contributed by atoms with van der Waals surface area (Å²) in [4.78, 5) is 13.9. The third-order valence-electron chi connectivity index (χ3n) is 3.87. The molecule has 168 valence electrons. The first kappa shape index (κ1) is 23.6. The van der Waals surface area contributed by atoms with E-state index in [0.717, 1.165) is 10.6 Å². The first-order valence-corrected chi connectivity index (χ1v) is 11.7. The number of anilines is 1. The van der Waals surface area contributed by atoms with Crippen molar-refractivity contribution in [1.29, 1.82) is 0 Å². The zero-order chi connectivity index (χ0) is 22.4. The molecular weight excluding hydrogens is 450 g/mol. The highest BCUT2D eigenvalue weighted by atomic mass is 32.2. The van der Waals surface area contributed by atoms with Gasteiger partial charge in [-0.05, 0) is 26.0 Å². The quantitative estimate of drug-likeness (QED) is 0.262. The topological polar surface area (TPSA) is 88.1 Å². The van der Waals surface area contributed by atoms with Crippen LogP contribution >= 0.6 is 20.3 Å². The number of hydrogen-bond acceptors (Lipinski definition) is 7. The molecule has 2 N–H and O–H groups in total. The van der Waals surface area contributed by atoms with Crippen molar-refractivity contribution in [2.24, 2.45) is 0 Å². The maximum absolute atomic E-state index is 12.2. The smallest absolute Gasteiger partial charge is 0.392 e. The summed E-state index contributed by atoms with van der Waals surface area (Å²) >= 11 is 1.38. The normalized spacial score (nSPS) is 12.5. The molecular formula is C19H23F3N5O2PS. The minimum absolute atomic E-state index is 0.0215. The summed E-state index contributed by atoms with van der Waals surface area (Å²) in [6.45, 7) is 4.54. The number of halogens is 3. The lowest BCUT2D eigenvalue weighted by molar-refractivity contribution is -0.106. The Kier molecular flexibility index (Phi) is 7.96. The molecule has 0 amide bonds. The van der Waals surface area contributed by atoms with Crippen LogP contribution in [0.25, 0.3) is 11.2 Å². The second-order valence-corrected chi connectivity index (χ2v) is 8.98. The van der Waals surface area contributed by atoms with Crippen molar-refractivity contribution in [3.63, 3.8) is 0 Å². The average molecular weight is 473 g/mol. The van der Waals surface area contributed by atoms with Crippen molar-refractivity contribution >= 4 is 37.5 Å². The second kappa shape index (κ2) is 10.5. The number of alkyl halides is 3. The molecule has 2 aromatic heterocycles. The van der Waals surface area contributed by atoms with Crippen LogP contribution in [0.3, 0.4) is 0 Å². The maximum Gasteiger partial charge on any atom is 0.392 e. The molecule has 3 rings (SSSR count). The van der Waals surface area contributed by atoms with Crippen LogP contribution in [0.15, 0.2) is 40.5 Å². The molecule has 1 unspecified atom stereocenters. The van der Waals surface area contributed by atoms with Gasteiger partial charge in [-0.25, -0.2) is 9.97 Å². The van der Waals surface area contributed by atoms with Gasteiger partial charge in [-0.15, -0.1) is 0 Å². The van der Waals surface area contributed by atoms with Gasteiger partial charge in [0.25, 0.3) is 0 Å². The molecule has 0 spiro atoms. The summed E-state index contributed by atoms with van der Waals surface area (Å²) in [5, 5.41) is 0.591. The van der Waals surface area contributed by atoms with Gasteiger partial charge in [-0.2, -0.15) is 18.2 Å². The average Bonchev–Trinajstić information content (AvgIpc) is 3.08. The van der Waals surface area contributed by atoms with Crippen LogP contribution in [0.1, 0.15) is 13.8 Å². The van der Waals surface area contributed by atoms with Gasteiger partial charge in [0.15, 0.2) is 5.65 Å². The second-order valence-electron chi connectivity index (χ2n) is 6.81. The third-order valence-corrected chi connectivity index (χ3v) is 5.97. The lowest BCUT2D eigenvalue weighted by Gasteiger charge is -2.13. The number of benzene rings is 1. The van der Waals surface area contributed by atoms with Crippen LogP contribution in [0.2, 0.25) is 0 Å². The highest BCUT2D eigenvalue weighted by Crippen LogP contribution is 2.37. The van der Waals surface area contributed by atoms with E-state index in [1.165, 1.54) is 11.8 Å². The number of nitrogen functional groups attached to an aromatic ring is 1. The summed E-state index contributed by atoms with van der Waals surface area (Å²) in [5.74, 6) is 0.840. The Morgan fingerprint density at radius 1 is 1.23 bits per heavy atom. The SMILES string of the molecule is CC(C)Oc1ccccc1Sc1nc(N)nc2c1ncn2CCOCPCC(F)(F)F. The standard InChI is InChI=1S/C19H23F3N5O2PS/c1-12(2)29-13-5-3-4-6-14(13)31-17-15-16(25-18(23)26-17)27(10-24-15)7-8-28-11-30-9-19(20,21)22/h3-6,10,12,30H,7-9,11H2,1-2H3,(H2,23,25,26). The van der Waals surface area contributed by atoms with Gasteiger partial charge in [0.1, 0.15) is 16.3 Å². The summed E-state index contributed by atoms with van der Waals surface area (Å²) in [5.41, 5.74) is 7.04. The fraction of sp³-hybridized carbons (Fsp3) is 0.421. The Balaban J connectivity index is 1.70. The van der Waals surface area contributed by atoms with Gasteiger partial charge >= 0.3 is 6.18 Å². The van der Waals surface area contributed by atoms with E-state index in [9.17, 15) is 13.2 Å². The zero-order valence-corrected chi connectivity index (χ0v) is 18.8. The Morgan fingerprint density at radius 2 is 2.00 bits per heavy atom. The van der Waals surface area contributed by atoms with Crippen LogP contribution < -0.4 is 10.5 Å². The number of para-hydroxylation sites is 1. The van der Waals surface area contributed by atoms with E-state index >= 15 is 0 Å². The number of imidazole rings is 1. The summed E-state index contributed by atoms with van der Waals surface area (Å²) in [6.07, 6.45) is -3.29. The molecule has 0 radical (unpaired) electrons. The van der Waals surface area contributed by atoms with E-state index < -0.39 is 12.3 Å². The van der Waals surface area contributed by atoms with E-state index in [1.54, 1.807) is 10.9 Å². The van der Waals surface area contributed by atoms with Gasteiger partial charge in [0, 0.05) is 6.54 Å². The van der Waals surface area contributed by atoms with E-state index in [1.807, 2.05) is 38.1 Å². The van der Waals surface area contributed by atoms with Crippen molar-refractivity contribution in [2.75, 3.05) is 24.9 Å². The Morgan fingerprint density at radius 3 is 2.74 bits per heavy atom. The lowest BCUT2D eigenvalue weighted by atomic mass is 10.3. The summed E-state index contributed by atoms with van der Waals surface area (Å²) in [6, 6.07) is 7.63. The molecule has 0 bridgehead atoms. The van der Waals surface area contributed by atoms with Gasteiger partial charge in [0.05, 0.1) is 36.4 Å². The van der Waals surface area contributed by atoms with Crippen molar-refractivity contribution in [2.45, 2.75) is 42.6 Å². The van der Waals surface area contributed by atoms with Crippen LogP contribution in [0.4, 0.5) is 19.1 Å². The lowest BCUT2D eigenvalue weighted by Crippen LogP contribution is -2.11. The molecule has 0 fully saturated rings. The van der Waals surface area contributed by atoms with E-state index in [-0.39, 0.29) is 33.6 Å². The van der Waals surface area contributed by atoms with Crippen LogP contribution in [0, 0.1) is 0 Å². The van der Waals surface area contributed by atoms with Crippen molar-refractivity contribution < 1.29 is 22.6 Å². The Labute approximate surface area is 183 Å². The van der Waals surface area contributed by atoms with E-state index in [0.29, 0.717) is 22.7 Å². The molecule has 0 saturated carbocycles. The largest absolute Gasteiger partial charge is 0.490 e. The molecule has 3 aromatic rings. The highest BCUT2D eigenvalue weighted by Gasteiger charge is 2.26. The molecule has 0 aliphatic rings. The molecule has 0 saturated heterocycles. The van der Waals surface area contributed by atoms with Gasteiger partial charge in [0.2, 0.25) is 5.95 Å². The van der Waals surface area contributed by atoms with Crippen LogP contribution in [-0.2, 0) is 11.3 Å². The summed E-state index contributed by atoms with van der Waals surface area (Å²) in [7, 11) is -0.317. The number of nitrogens with zero attached hydrogens (tertiary/aromatic N) is 4. The number of rotatable bonds is 10. The fourth-order valence-corrected chi connectivity index (χ4v) is 4.28. The minimum Gasteiger partial charge on any atom is -0.490 e. The zero-order valence-electron chi connectivity index (χ0n) is 17.0. The fourth-order valence-electron chi connectivity index (χ4n) is 2.66. The number of ether oxygens (including phenoxy) is 2. The highest BCUT2D eigenvalue weighted by molar-refractivity contribution is 7.99. The third kappa shape index (κ3) is 6.95. The monoisotopic (exact) mass is 473 g/mol. The Bertz CT molecular complexity index is 1020. The van der Waals surface area contributed by atoms with Crippen LogP contribution in [0.5, 0.6) is 5.75 Å². The van der Waals surface area contributed by atoms with Gasteiger partial charge < -0.3 is 19.8 Å². The van der Waals surface area contributed by atoms with Crippen molar-refractivity contribution in [3.8, 4) is 5.75 Å². The molecule has 1 aromatic carbocycles. The maximum atomic E-state index is 12.2. The number of aromatic nitrogens is 4.